The van der Waals surface area contributed by atoms with Gasteiger partial charge in [-0.1, -0.05) is 62.4 Å². The molecule has 38 heavy (non-hydrogen) atoms. The minimum Gasteiger partial charge on any atom is -0.342 e. The second-order valence-electron chi connectivity index (χ2n) is 10.9. The minimum absolute atomic E-state index is 0.108. The quantitative estimate of drug-likeness (QED) is 0.545. The van der Waals surface area contributed by atoms with E-state index in [-0.39, 0.29) is 48.7 Å². The summed E-state index contributed by atoms with van der Waals surface area (Å²) in [5, 5.41) is 3.53. The third-order valence-electron chi connectivity index (χ3n) is 8.28. The van der Waals surface area contributed by atoms with Crippen molar-refractivity contribution in [3.05, 3.63) is 65.7 Å². The van der Waals surface area contributed by atoms with E-state index in [0.717, 1.165) is 5.56 Å². The lowest BCUT2D eigenvalue weighted by Crippen LogP contribution is -2.56. The summed E-state index contributed by atoms with van der Waals surface area (Å²) in [6.07, 6.45) is 0.648. The van der Waals surface area contributed by atoms with Crippen LogP contribution in [0.1, 0.15) is 45.2 Å². The van der Waals surface area contributed by atoms with Crippen molar-refractivity contribution in [2.24, 2.45) is 17.8 Å². The molecule has 1 spiro atoms. The van der Waals surface area contributed by atoms with Crippen molar-refractivity contribution in [3.8, 4) is 0 Å². The van der Waals surface area contributed by atoms with Crippen molar-refractivity contribution < 1.29 is 19.2 Å². The highest BCUT2D eigenvalue weighted by Gasteiger charge is 2.71. The summed E-state index contributed by atoms with van der Waals surface area (Å²) in [4.78, 5) is 60.0. The highest BCUT2D eigenvalue weighted by Crippen LogP contribution is 2.55. The van der Waals surface area contributed by atoms with Gasteiger partial charge in [-0.15, -0.1) is 0 Å². The smallest absolute Gasteiger partial charge is 0.253 e. The minimum atomic E-state index is -1.39. The lowest BCUT2D eigenvalue weighted by molar-refractivity contribution is -0.143. The summed E-state index contributed by atoms with van der Waals surface area (Å²) >= 11 is 0. The molecule has 5 rings (SSSR count). The Labute approximate surface area is 224 Å². The highest BCUT2D eigenvalue weighted by atomic mass is 16.2. The van der Waals surface area contributed by atoms with Gasteiger partial charge in [-0.3, -0.25) is 29.4 Å². The molecule has 0 bridgehead atoms. The van der Waals surface area contributed by atoms with Gasteiger partial charge in [0.05, 0.1) is 18.4 Å². The second-order valence-corrected chi connectivity index (χ2v) is 10.9. The Kier molecular flexibility index (Phi) is 6.86. The number of hydrogen-bond donors (Lipinski definition) is 1. The maximum absolute atomic E-state index is 14.4. The van der Waals surface area contributed by atoms with Crippen molar-refractivity contribution >= 4 is 29.3 Å². The molecule has 3 aliphatic rings. The Morgan fingerprint density at radius 1 is 0.947 bits per heavy atom. The third-order valence-corrected chi connectivity index (χ3v) is 8.28. The zero-order valence-corrected chi connectivity index (χ0v) is 22.5. The number of rotatable bonds is 8. The predicted octanol–water partition coefficient (Wildman–Crippen LogP) is 2.92. The van der Waals surface area contributed by atoms with Gasteiger partial charge in [0.15, 0.2) is 0 Å². The zero-order chi connectivity index (χ0) is 27.2. The number of hydrogen-bond acceptors (Lipinski definition) is 5. The number of nitrogens with one attached hydrogen (secondary N) is 1. The Morgan fingerprint density at radius 2 is 1.61 bits per heavy atom. The van der Waals surface area contributed by atoms with Gasteiger partial charge in [-0.05, 0) is 37.8 Å². The van der Waals surface area contributed by atoms with E-state index in [9.17, 15) is 19.2 Å². The van der Waals surface area contributed by atoms with Crippen molar-refractivity contribution in [3.63, 3.8) is 0 Å². The number of para-hydroxylation sites is 1. The van der Waals surface area contributed by atoms with Crippen LogP contribution >= 0.6 is 0 Å². The predicted molar refractivity (Wildman–Crippen MR) is 144 cm³/mol. The number of anilines is 1. The standard InChI is InChI=1S/C30H36N4O4/c1-5-32(6-2)24(35)18-33-23-15-11-10-14-21(23)30(29(33)38)26-25(22(31-30)16-19(3)4)27(36)34(28(26)37)17-20-12-8-7-9-13-20/h7-15,19,22,25-26,31H,5-6,16-18H2,1-4H3/t22-,25+,26+,30+/m0/s1. The molecule has 3 aliphatic heterocycles. The lowest BCUT2D eigenvalue weighted by atomic mass is 9.76. The molecule has 0 unspecified atom stereocenters. The van der Waals surface area contributed by atoms with Gasteiger partial charge in [0.1, 0.15) is 12.1 Å². The number of likely N-dealkylation sites (tertiary alicyclic amines) is 1. The number of nitrogens with zero attached hydrogens (tertiary/aromatic N) is 3. The fraction of sp³-hybridized carbons (Fsp3) is 0.467. The van der Waals surface area contributed by atoms with Crippen LogP contribution in [-0.4, -0.2) is 59.1 Å². The van der Waals surface area contributed by atoms with Crippen LogP contribution in [-0.2, 0) is 31.3 Å². The molecule has 0 aromatic heterocycles. The lowest BCUT2D eigenvalue weighted by Gasteiger charge is -2.31. The maximum atomic E-state index is 14.4. The van der Waals surface area contributed by atoms with Gasteiger partial charge >= 0.3 is 0 Å². The summed E-state index contributed by atoms with van der Waals surface area (Å²) in [5.41, 5.74) is 0.765. The average molecular weight is 517 g/mol. The fourth-order valence-electron chi connectivity index (χ4n) is 6.61. The topological polar surface area (TPSA) is 90.0 Å². The van der Waals surface area contributed by atoms with Crippen molar-refractivity contribution in [2.75, 3.05) is 24.5 Å². The van der Waals surface area contributed by atoms with Crippen molar-refractivity contribution in [1.29, 1.82) is 0 Å². The molecular formula is C30H36N4O4. The van der Waals surface area contributed by atoms with E-state index in [4.69, 9.17) is 0 Å². The monoisotopic (exact) mass is 516 g/mol. The van der Waals surface area contributed by atoms with E-state index in [1.807, 2.05) is 68.4 Å². The van der Waals surface area contributed by atoms with Gasteiger partial charge in [0.2, 0.25) is 17.7 Å². The molecule has 2 saturated heterocycles. The summed E-state index contributed by atoms with van der Waals surface area (Å²) in [5.74, 6) is -2.31. The molecule has 200 valence electrons. The molecule has 3 heterocycles. The van der Waals surface area contributed by atoms with Gasteiger partial charge in [-0.2, -0.15) is 0 Å². The molecule has 4 amide bonds. The number of likely N-dealkylation sites (N-methyl/N-ethyl adjacent to an activating group) is 1. The average Bonchev–Trinajstić information content (AvgIpc) is 3.45. The molecule has 2 aromatic carbocycles. The molecule has 2 fully saturated rings. The van der Waals surface area contributed by atoms with E-state index < -0.39 is 17.4 Å². The summed E-state index contributed by atoms with van der Waals surface area (Å²) in [7, 11) is 0. The number of imide groups is 1. The van der Waals surface area contributed by atoms with E-state index >= 15 is 0 Å². The number of amides is 4. The first-order valence-corrected chi connectivity index (χ1v) is 13.6. The van der Waals surface area contributed by atoms with Crippen molar-refractivity contribution in [2.45, 2.75) is 52.2 Å². The van der Waals surface area contributed by atoms with Crippen LogP contribution in [0.3, 0.4) is 0 Å². The van der Waals surface area contributed by atoms with Crippen LogP contribution in [0.15, 0.2) is 54.6 Å². The summed E-state index contributed by atoms with van der Waals surface area (Å²) in [6, 6.07) is 16.5. The SMILES string of the molecule is CCN(CC)C(=O)CN1C(=O)[C@@]2(N[C@@H](CC(C)C)[C@H]3C(=O)N(Cc4ccccc4)C(=O)[C@@H]32)c2ccccc21. The molecule has 0 radical (unpaired) electrons. The largest absolute Gasteiger partial charge is 0.342 e. The van der Waals surface area contributed by atoms with Gasteiger partial charge in [-0.25, -0.2) is 0 Å². The molecular weight excluding hydrogens is 480 g/mol. The van der Waals surface area contributed by atoms with Gasteiger partial charge in [0, 0.05) is 30.4 Å². The summed E-state index contributed by atoms with van der Waals surface area (Å²) in [6.45, 7) is 9.13. The fourth-order valence-corrected chi connectivity index (χ4v) is 6.61. The van der Waals surface area contributed by atoms with Crippen molar-refractivity contribution in [1.82, 2.24) is 15.1 Å². The van der Waals surface area contributed by atoms with Crippen LogP contribution in [0.5, 0.6) is 0 Å². The molecule has 0 saturated carbocycles. The van der Waals surface area contributed by atoms with E-state index in [1.54, 1.807) is 4.90 Å². The van der Waals surface area contributed by atoms with Crippen LogP contribution in [0.4, 0.5) is 5.69 Å². The number of carbonyl (C=O) groups is 4. The number of carbonyl (C=O) groups excluding carboxylic acids is 4. The molecule has 2 aromatic rings. The molecule has 8 heteroatoms. The van der Waals surface area contributed by atoms with Crippen LogP contribution in [0, 0.1) is 17.8 Å². The van der Waals surface area contributed by atoms with Crippen LogP contribution in [0.25, 0.3) is 0 Å². The summed E-state index contributed by atoms with van der Waals surface area (Å²) < 4.78 is 0. The Balaban J connectivity index is 1.58. The van der Waals surface area contributed by atoms with Crippen LogP contribution in [0.2, 0.25) is 0 Å². The number of fused-ring (bicyclic) bond motifs is 4. The Bertz CT molecular complexity index is 1260. The first-order chi connectivity index (χ1) is 18.2. The molecule has 0 aliphatic carbocycles. The Hall–Kier alpha value is -3.52. The zero-order valence-electron chi connectivity index (χ0n) is 22.5. The molecule has 4 atom stereocenters. The molecule has 8 nitrogen and oxygen atoms in total. The third kappa shape index (κ3) is 3.93. The molecule has 1 N–H and O–H groups in total. The Morgan fingerprint density at radius 3 is 2.26 bits per heavy atom. The van der Waals surface area contributed by atoms with Crippen LogP contribution < -0.4 is 10.2 Å². The van der Waals surface area contributed by atoms with E-state index in [0.29, 0.717) is 30.8 Å². The van der Waals surface area contributed by atoms with E-state index in [2.05, 4.69) is 19.2 Å². The second kappa shape index (κ2) is 9.98. The first-order valence-electron chi connectivity index (χ1n) is 13.6. The normalized spacial score (nSPS) is 26.0. The number of benzene rings is 2. The van der Waals surface area contributed by atoms with Gasteiger partial charge < -0.3 is 9.80 Å². The van der Waals surface area contributed by atoms with E-state index in [1.165, 1.54) is 9.80 Å². The van der Waals surface area contributed by atoms with Gasteiger partial charge in [0.25, 0.3) is 5.91 Å². The highest BCUT2D eigenvalue weighted by molar-refractivity contribution is 6.17. The first kappa shape index (κ1) is 26.1. The maximum Gasteiger partial charge on any atom is 0.253 e.